The highest BCUT2D eigenvalue weighted by Crippen LogP contribution is 2.24. The Bertz CT molecular complexity index is 166. The number of alkyl halides is 1. The molecule has 1 N–H and O–H groups in total. The Morgan fingerprint density at radius 2 is 2.27 bits per heavy atom. The summed E-state index contributed by atoms with van der Waals surface area (Å²) in [6.07, 6.45) is 0.404. The molecule has 1 aliphatic heterocycles. The summed E-state index contributed by atoms with van der Waals surface area (Å²) in [6, 6.07) is 0. The van der Waals surface area contributed by atoms with E-state index in [0.717, 1.165) is 0 Å². The van der Waals surface area contributed by atoms with Crippen molar-refractivity contribution in [3.8, 4) is 0 Å². The molecule has 0 unspecified atom stereocenters. The summed E-state index contributed by atoms with van der Waals surface area (Å²) >= 11 is 0. The van der Waals surface area contributed by atoms with E-state index in [1.54, 1.807) is 6.92 Å². The number of hydrogen-bond acceptors (Lipinski definition) is 2. The number of carbonyl (C=O) groups excluding carboxylic acids is 1. The zero-order valence-corrected chi connectivity index (χ0v) is 6.51. The molecule has 0 radical (unpaired) electrons. The molecule has 0 atom stereocenters. The summed E-state index contributed by atoms with van der Waals surface area (Å²) in [5.74, 6) is -0.0493. The monoisotopic (exact) mass is 161 g/mol. The number of rotatable bonds is 2. The standard InChI is InChI=1S/C7H12FNO2/c1-2-6(11)9-3-7(8,4-9)5-10/h10H,2-5H2,1H3. The van der Waals surface area contributed by atoms with E-state index in [1.165, 1.54) is 4.90 Å². The third kappa shape index (κ3) is 1.50. The van der Waals surface area contributed by atoms with Crippen LogP contribution in [0.5, 0.6) is 0 Å². The molecular formula is C7H12FNO2. The van der Waals surface area contributed by atoms with E-state index in [2.05, 4.69) is 0 Å². The molecule has 0 bridgehead atoms. The second-order valence-corrected chi connectivity index (χ2v) is 2.91. The summed E-state index contributed by atoms with van der Waals surface area (Å²) in [7, 11) is 0. The lowest BCUT2D eigenvalue weighted by Crippen LogP contribution is -2.62. The molecular weight excluding hydrogens is 149 g/mol. The van der Waals surface area contributed by atoms with Crippen LogP contribution in [-0.2, 0) is 4.79 Å². The first-order valence-electron chi connectivity index (χ1n) is 3.69. The third-order valence-electron chi connectivity index (χ3n) is 1.89. The Morgan fingerprint density at radius 3 is 2.64 bits per heavy atom. The summed E-state index contributed by atoms with van der Waals surface area (Å²) in [4.78, 5) is 12.3. The van der Waals surface area contributed by atoms with E-state index in [9.17, 15) is 9.18 Å². The first-order chi connectivity index (χ1) is 5.11. The lowest BCUT2D eigenvalue weighted by molar-refractivity contribution is -0.148. The molecule has 3 nitrogen and oxygen atoms in total. The maximum absolute atomic E-state index is 12.9. The molecule has 1 amide bonds. The van der Waals surface area contributed by atoms with E-state index in [-0.39, 0.29) is 19.0 Å². The largest absolute Gasteiger partial charge is 0.393 e. The van der Waals surface area contributed by atoms with Gasteiger partial charge in [-0.2, -0.15) is 0 Å². The number of likely N-dealkylation sites (tertiary alicyclic amines) is 1. The van der Waals surface area contributed by atoms with Crippen molar-refractivity contribution in [3.63, 3.8) is 0 Å². The molecule has 1 saturated heterocycles. The number of hydrogen-bond donors (Lipinski definition) is 1. The molecule has 1 heterocycles. The van der Waals surface area contributed by atoms with Crippen LogP contribution in [0.4, 0.5) is 4.39 Å². The zero-order chi connectivity index (χ0) is 8.48. The van der Waals surface area contributed by atoms with Gasteiger partial charge in [0.05, 0.1) is 19.7 Å². The van der Waals surface area contributed by atoms with Gasteiger partial charge in [0.25, 0.3) is 0 Å². The Hall–Kier alpha value is -0.640. The third-order valence-corrected chi connectivity index (χ3v) is 1.89. The lowest BCUT2D eigenvalue weighted by Gasteiger charge is -2.43. The minimum atomic E-state index is -1.52. The Balaban J connectivity index is 2.34. The molecule has 64 valence electrons. The van der Waals surface area contributed by atoms with Gasteiger partial charge >= 0.3 is 0 Å². The summed E-state index contributed by atoms with van der Waals surface area (Å²) in [6.45, 7) is 1.35. The van der Waals surface area contributed by atoms with Crippen LogP contribution in [0.15, 0.2) is 0 Å². The molecule has 0 aromatic rings. The fourth-order valence-electron chi connectivity index (χ4n) is 1.14. The molecule has 0 aromatic carbocycles. The van der Waals surface area contributed by atoms with E-state index >= 15 is 0 Å². The van der Waals surface area contributed by atoms with E-state index in [1.807, 2.05) is 0 Å². The van der Waals surface area contributed by atoms with Gasteiger partial charge in [0, 0.05) is 6.42 Å². The number of nitrogens with zero attached hydrogens (tertiary/aromatic N) is 1. The predicted octanol–water partition coefficient (Wildman–Crippen LogP) is -0.0608. The number of carbonyl (C=O) groups is 1. The number of amides is 1. The van der Waals surface area contributed by atoms with Gasteiger partial charge in [-0.3, -0.25) is 4.79 Å². The maximum atomic E-state index is 12.9. The molecule has 1 aliphatic rings. The van der Waals surface area contributed by atoms with Crippen LogP contribution in [0.2, 0.25) is 0 Å². The average Bonchev–Trinajstić information content (AvgIpc) is 1.97. The molecule has 0 spiro atoms. The molecule has 1 rings (SSSR count). The van der Waals surface area contributed by atoms with Crippen LogP contribution in [0.25, 0.3) is 0 Å². The van der Waals surface area contributed by atoms with Gasteiger partial charge in [0.2, 0.25) is 5.91 Å². The minimum Gasteiger partial charge on any atom is -0.393 e. The predicted molar refractivity (Wildman–Crippen MR) is 37.8 cm³/mol. The molecule has 0 saturated carbocycles. The topological polar surface area (TPSA) is 40.5 Å². The Labute approximate surface area is 64.8 Å². The summed E-state index contributed by atoms with van der Waals surface area (Å²) in [5, 5.41) is 8.50. The average molecular weight is 161 g/mol. The van der Waals surface area contributed by atoms with Gasteiger partial charge in [-0.15, -0.1) is 0 Å². The smallest absolute Gasteiger partial charge is 0.222 e. The number of halogens is 1. The maximum Gasteiger partial charge on any atom is 0.222 e. The van der Waals surface area contributed by atoms with E-state index in [4.69, 9.17) is 5.11 Å². The van der Waals surface area contributed by atoms with Gasteiger partial charge in [-0.25, -0.2) is 4.39 Å². The number of aliphatic hydroxyl groups is 1. The van der Waals surface area contributed by atoms with Crippen LogP contribution < -0.4 is 0 Å². The highest BCUT2D eigenvalue weighted by atomic mass is 19.1. The molecule has 0 aromatic heterocycles. The first-order valence-corrected chi connectivity index (χ1v) is 3.69. The first kappa shape index (κ1) is 8.46. The quantitative estimate of drug-likeness (QED) is 0.616. The second-order valence-electron chi connectivity index (χ2n) is 2.91. The van der Waals surface area contributed by atoms with Crippen molar-refractivity contribution in [1.82, 2.24) is 4.90 Å². The van der Waals surface area contributed by atoms with Crippen LogP contribution in [-0.4, -0.2) is 41.3 Å². The Kier molecular flexibility index (Phi) is 2.13. The van der Waals surface area contributed by atoms with Crippen LogP contribution in [0.3, 0.4) is 0 Å². The molecule has 11 heavy (non-hydrogen) atoms. The van der Waals surface area contributed by atoms with Gasteiger partial charge in [-0.05, 0) is 0 Å². The number of aliphatic hydroxyl groups excluding tert-OH is 1. The van der Waals surface area contributed by atoms with Crippen LogP contribution in [0, 0.1) is 0 Å². The highest BCUT2D eigenvalue weighted by Gasteiger charge is 2.44. The molecule has 1 fully saturated rings. The highest BCUT2D eigenvalue weighted by molar-refractivity contribution is 5.77. The normalized spacial score (nSPS) is 21.2. The second kappa shape index (κ2) is 2.77. The molecule has 4 heteroatoms. The van der Waals surface area contributed by atoms with Crippen molar-refractivity contribution >= 4 is 5.91 Å². The van der Waals surface area contributed by atoms with Crippen molar-refractivity contribution in [3.05, 3.63) is 0 Å². The fraction of sp³-hybridized carbons (Fsp3) is 0.857. The van der Waals surface area contributed by atoms with Gasteiger partial charge in [0.1, 0.15) is 0 Å². The summed E-state index contributed by atoms with van der Waals surface area (Å²) in [5.41, 5.74) is -1.52. The van der Waals surface area contributed by atoms with Crippen molar-refractivity contribution in [2.45, 2.75) is 19.0 Å². The zero-order valence-electron chi connectivity index (χ0n) is 6.51. The Morgan fingerprint density at radius 1 is 1.73 bits per heavy atom. The van der Waals surface area contributed by atoms with Crippen molar-refractivity contribution < 1.29 is 14.3 Å². The van der Waals surface area contributed by atoms with Gasteiger partial charge in [-0.1, -0.05) is 6.92 Å². The summed E-state index contributed by atoms with van der Waals surface area (Å²) < 4.78 is 12.9. The van der Waals surface area contributed by atoms with Crippen LogP contribution in [0.1, 0.15) is 13.3 Å². The minimum absolute atomic E-state index is 0.0493. The van der Waals surface area contributed by atoms with Gasteiger partial charge in [0.15, 0.2) is 5.67 Å². The van der Waals surface area contributed by atoms with E-state index < -0.39 is 12.3 Å². The van der Waals surface area contributed by atoms with Gasteiger partial charge < -0.3 is 10.0 Å². The SMILES string of the molecule is CCC(=O)N1CC(F)(CO)C1. The van der Waals surface area contributed by atoms with E-state index in [0.29, 0.717) is 6.42 Å². The van der Waals surface area contributed by atoms with Crippen molar-refractivity contribution in [2.24, 2.45) is 0 Å². The lowest BCUT2D eigenvalue weighted by atomic mass is 9.97. The van der Waals surface area contributed by atoms with Crippen molar-refractivity contribution in [1.29, 1.82) is 0 Å². The fourth-order valence-corrected chi connectivity index (χ4v) is 1.14. The van der Waals surface area contributed by atoms with Crippen LogP contribution >= 0.6 is 0 Å². The molecule has 0 aliphatic carbocycles. The van der Waals surface area contributed by atoms with Crippen molar-refractivity contribution in [2.75, 3.05) is 19.7 Å².